The first-order chi connectivity index (χ1) is 32.1. The van der Waals surface area contributed by atoms with Crippen molar-refractivity contribution in [1.29, 1.82) is 0 Å². The molecular weight excluding hydrogens is 797 g/mol. The van der Waals surface area contributed by atoms with E-state index < -0.39 is 0 Å². The van der Waals surface area contributed by atoms with Crippen molar-refractivity contribution in [3.05, 3.63) is 35.9 Å². The predicted molar refractivity (Wildman–Crippen MR) is 286 cm³/mol. The summed E-state index contributed by atoms with van der Waals surface area (Å²) in [6, 6.07) is 9.85. The normalized spacial score (nSPS) is 11.6. The van der Waals surface area contributed by atoms with Gasteiger partial charge in [-0.3, -0.25) is 9.59 Å². The summed E-state index contributed by atoms with van der Waals surface area (Å²) in [6.07, 6.45) is 61.4. The third-order valence-corrected chi connectivity index (χ3v) is 13.5. The van der Waals surface area contributed by atoms with Gasteiger partial charge < -0.3 is 9.47 Å². The number of unbranched alkanes of at least 4 members (excludes halogenated alkanes) is 39. The standard InChI is InChI=1S/C42H84O2.C19H30O2/c1-4-7-10-13-16-18-19-20-21-22-23-24-25-26-27-29-31-34-37-40-42(43)44-41(38-35-32-15-12-9-6-3)39-36-33-30-28-17-14-11-8-5-2;1-2-3-4-5-6-7-8-9-13-16-19(20)21-17-18-14-11-10-12-15-18/h41H,4-40H2,1-3H3;10-12,14-15H,2-9,13,16-17H2,1H3. The highest BCUT2D eigenvalue weighted by atomic mass is 16.5. The minimum atomic E-state index is -0.0678. The summed E-state index contributed by atoms with van der Waals surface area (Å²) in [5, 5.41) is 0. The first kappa shape index (κ1) is 63.2. The number of carbonyl (C=O) groups is 2. The largest absolute Gasteiger partial charge is 0.462 e. The fourth-order valence-electron chi connectivity index (χ4n) is 9.08. The molecular formula is C61H114O4. The van der Waals surface area contributed by atoms with Gasteiger partial charge >= 0.3 is 11.9 Å². The van der Waals surface area contributed by atoms with Gasteiger partial charge in [-0.15, -0.1) is 0 Å². The van der Waals surface area contributed by atoms with E-state index >= 15 is 0 Å². The van der Waals surface area contributed by atoms with Crippen LogP contribution in [0.3, 0.4) is 0 Å². The lowest BCUT2D eigenvalue weighted by Gasteiger charge is -2.18. The van der Waals surface area contributed by atoms with Crippen LogP contribution in [0.5, 0.6) is 0 Å². The highest BCUT2D eigenvalue weighted by molar-refractivity contribution is 5.69. The number of benzene rings is 1. The first-order valence-electron chi connectivity index (χ1n) is 29.5. The molecule has 0 saturated carbocycles. The molecule has 0 aromatic heterocycles. The lowest BCUT2D eigenvalue weighted by Crippen LogP contribution is -2.18. The van der Waals surface area contributed by atoms with Crippen molar-refractivity contribution in [3.8, 4) is 0 Å². The van der Waals surface area contributed by atoms with Crippen LogP contribution in [0.4, 0.5) is 0 Å². The zero-order valence-electron chi connectivity index (χ0n) is 44.5. The molecule has 0 aliphatic rings. The van der Waals surface area contributed by atoms with E-state index in [0.29, 0.717) is 19.4 Å². The van der Waals surface area contributed by atoms with Gasteiger partial charge in [0.2, 0.25) is 0 Å². The lowest BCUT2D eigenvalue weighted by atomic mass is 10.0. The highest BCUT2D eigenvalue weighted by Gasteiger charge is 2.14. The van der Waals surface area contributed by atoms with Crippen LogP contribution in [0, 0.1) is 0 Å². The summed E-state index contributed by atoms with van der Waals surface area (Å²) in [7, 11) is 0. The zero-order chi connectivity index (χ0) is 47.2. The minimum Gasteiger partial charge on any atom is -0.462 e. The van der Waals surface area contributed by atoms with Gasteiger partial charge in [0.05, 0.1) is 0 Å². The second kappa shape index (κ2) is 54.8. The zero-order valence-corrected chi connectivity index (χ0v) is 44.5. The van der Waals surface area contributed by atoms with Crippen molar-refractivity contribution in [2.45, 2.75) is 342 Å². The maximum Gasteiger partial charge on any atom is 0.306 e. The summed E-state index contributed by atoms with van der Waals surface area (Å²) < 4.78 is 11.3. The molecule has 0 spiro atoms. The fraction of sp³-hybridized carbons (Fsp3) is 0.869. The van der Waals surface area contributed by atoms with Gasteiger partial charge in [0.15, 0.2) is 0 Å². The predicted octanol–water partition coefficient (Wildman–Crippen LogP) is 21.0. The topological polar surface area (TPSA) is 52.6 Å². The summed E-state index contributed by atoms with van der Waals surface area (Å²) >= 11 is 0. The first-order valence-corrected chi connectivity index (χ1v) is 29.5. The molecule has 0 amide bonds. The molecule has 65 heavy (non-hydrogen) atoms. The number of esters is 2. The Hall–Kier alpha value is -1.84. The molecule has 1 aromatic carbocycles. The second-order valence-corrected chi connectivity index (χ2v) is 20.1. The SMILES string of the molecule is CCCCCCCCCCCC(=O)OCc1ccccc1.CCCCCCCCCCCCCCCCCCCCCC(=O)OC(CCCCCCCC)CCCCCCCCCCC. The Morgan fingerprint density at radius 1 is 0.338 bits per heavy atom. The van der Waals surface area contributed by atoms with Crippen molar-refractivity contribution in [2.75, 3.05) is 0 Å². The van der Waals surface area contributed by atoms with Crippen molar-refractivity contribution < 1.29 is 19.1 Å². The molecule has 1 rings (SSSR count). The molecule has 382 valence electrons. The molecule has 0 aliphatic carbocycles. The van der Waals surface area contributed by atoms with Crippen molar-refractivity contribution in [2.24, 2.45) is 0 Å². The average Bonchev–Trinajstić information content (AvgIpc) is 3.32. The summed E-state index contributed by atoms with van der Waals surface area (Å²) in [5.74, 6) is 0.00526. The average molecular weight is 912 g/mol. The monoisotopic (exact) mass is 911 g/mol. The maximum absolute atomic E-state index is 12.6. The van der Waals surface area contributed by atoms with E-state index in [1.165, 1.54) is 257 Å². The van der Waals surface area contributed by atoms with Crippen LogP contribution in [0.2, 0.25) is 0 Å². The van der Waals surface area contributed by atoms with E-state index in [1.807, 2.05) is 30.3 Å². The van der Waals surface area contributed by atoms with E-state index in [-0.39, 0.29) is 18.0 Å². The number of rotatable bonds is 50. The Labute approximate surface area is 407 Å². The van der Waals surface area contributed by atoms with Crippen LogP contribution in [0.15, 0.2) is 30.3 Å². The van der Waals surface area contributed by atoms with Crippen LogP contribution in [0.25, 0.3) is 0 Å². The molecule has 0 bridgehead atoms. The second-order valence-electron chi connectivity index (χ2n) is 20.1. The number of hydrogen-bond acceptors (Lipinski definition) is 4. The molecule has 4 nitrogen and oxygen atoms in total. The Morgan fingerprint density at radius 3 is 0.908 bits per heavy atom. The van der Waals surface area contributed by atoms with Crippen LogP contribution < -0.4 is 0 Å². The van der Waals surface area contributed by atoms with Crippen LogP contribution >= 0.6 is 0 Å². The van der Waals surface area contributed by atoms with Gasteiger partial charge in [-0.25, -0.2) is 0 Å². The Kier molecular flexibility index (Phi) is 53.2. The van der Waals surface area contributed by atoms with E-state index in [9.17, 15) is 9.59 Å². The molecule has 1 aromatic rings. The van der Waals surface area contributed by atoms with Gasteiger partial charge in [-0.1, -0.05) is 308 Å². The van der Waals surface area contributed by atoms with Crippen molar-refractivity contribution in [1.82, 2.24) is 0 Å². The van der Waals surface area contributed by atoms with Crippen molar-refractivity contribution in [3.63, 3.8) is 0 Å². The Bertz CT molecular complexity index is 1060. The summed E-state index contributed by atoms with van der Waals surface area (Å²) in [6.45, 7) is 9.51. The van der Waals surface area contributed by atoms with Gasteiger partial charge in [0.25, 0.3) is 0 Å². The molecule has 0 fully saturated rings. The van der Waals surface area contributed by atoms with Gasteiger partial charge in [-0.2, -0.15) is 0 Å². The van der Waals surface area contributed by atoms with Crippen LogP contribution in [0.1, 0.15) is 335 Å². The van der Waals surface area contributed by atoms with Gasteiger partial charge in [0.1, 0.15) is 12.7 Å². The molecule has 1 unspecified atom stereocenters. The third kappa shape index (κ3) is 51.4. The molecule has 0 aliphatic heterocycles. The molecule has 0 saturated heterocycles. The number of carbonyl (C=O) groups excluding carboxylic acids is 2. The fourth-order valence-corrected chi connectivity index (χ4v) is 9.08. The minimum absolute atomic E-state index is 0.0678. The van der Waals surface area contributed by atoms with Crippen LogP contribution in [-0.4, -0.2) is 18.0 Å². The third-order valence-electron chi connectivity index (χ3n) is 13.5. The number of hydrogen-bond donors (Lipinski definition) is 0. The maximum atomic E-state index is 12.6. The van der Waals surface area contributed by atoms with E-state index in [4.69, 9.17) is 9.47 Å². The van der Waals surface area contributed by atoms with E-state index in [0.717, 1.165) is 37.7 Å². The Balaban J connectivity index is 0.00000162. The molecule has 0 N–H and O–H groups in total. The molecule has 1 atom stereocenters. The van der Waals surface area contributed by atoms with E-state index in [2.05, 4.69) is 27.7 Å². The van der Waals surface area contributed by atoms with E-state index in [1.54, 1.807) is 0 Å². The van der Waals surface area contributed by atoms with Gasteiger partial charge in [-0.05, 0) is 44.1 Å². The molecule has 0 radical (unpaired) electrons. The Morgan fingerprint density at radius 2 is 0.600 bits per heavy atom. The van der Waals surface area contributed by atoms with Gasteiger partial charge in [0, 0.05) is 12.8 Å². The summed E-state index contributed by atoms with van der Waals surface area (Å²) in [5.41, 5.74) is 1.05. The quantitative estimate of drug-likeness (QED) is 0.0483. The molecule has 0 heterocycles. The highest BCUT2D eigenvalue weighted by Crippen LogP contribution is 2.20. The van der Waals surface area contributed by atoms with Crippen LogP contribution in [-0.2, 0) is 25.7 Å². The lowest BCUT2D eigenvalue weighted by molar-refractivity contribution is -0.150. The molecule has 4 heteroatoms. The summed E-state index contributed by atoms with van der Waals surface area (Å²) in [4.78, 5) is 24.2. The smallest absolute Gasteiger partial charge is 0.306 e. The number of ether oxygens (including phenoxy) is 2. The van der Waals surface area contributed by atoms with Crippen molar-refractivity contribution >= 4 is 11.9 Å².